The van der Waals surface area contributed by atoms with Crippen LogP contribution in [-0.4, -0.2) is 6.54 Å². The van der Waals surface area contributed by atoms with Crippen LogP contribution in [0.3, 0.4) is 0 Å². The molecule has 1 aromatic carbocycles. The number of thiophene rings is 1. The standard InChI is InChI=1S/C15H17BrFNS/c1-3-7-18-10(2)11-4-5-14(17)12(9-11)15-13(16)6-8-19-15/h4-6,8-10,18H,3,7H2,1-2H3. The fourth-order valence-electron chi connectivity index (χ4n) is 1.95. The molecule has 0 spiro atoms. The van der Waals surface area contributed by atoms with Gasteiger partial charge in [0.05, 0.1) is 4.88 Å². The summed E-state index contributed by atoms with van der Waals surface area (Å²) in [5.41, 5.74) is 1.79. The van der Waals surface area contributed by atoms with E-state index in [1.54, 1.807) is 17.4 Å². The van der Waals surface area contributed by atoms with Crippen LogP contribution in [0.15, 0.2) is 34.1 Å². The summed E-state index contributed by atoms with van der Waals surface area (Å²) >= 11 is 5.02. The molecule has 2 aromatic rings. The summed E-state index contributed by atoms with van der Waals surface area (Å²) in [5.74, 6) is -0.172. The van der Waals surface area contributed by atoms with Crippen LogP contribution < -0.4 is 5.32 Å². The molecule has 1 heterocycles. The van der Waals surface area contributed by atoms with Gasteiger partial charge < -0.3 is 5.32 Å². The quantitative estimate of drug-likeness (QED) is 0.769. The minimum atomic E-state index is -0.172. The summed E-state index contributed by atoms with van der Waals surface area (Å²) in [5, 5.41) is 5.39. The van der Waals surface area contributed by atoms with Crippen molar-refractivity contribution in [2.24, 2.45) is 0 Å². The molecular weight excluding hydrogens is 325 g/mol. The fraction of sp³-hybridized carbons (Fsp3) is 0.333. The second kappa shape index (κ2) is 6.64. The Hall–Kier alpha value is -0.710. The van der Waals surface area contributed by atoms with E-state index in [1.807, 2.05) is 23.6 Å². The average Bonchev–Trinajstić information content (AvgIpc) is 2.82. The van der Waals surface area contributed by atoms with Gasteiger partial charge in [-0.1, -0.05) is 13.0 Å². The van der Waals surface area contributed by atoms with Crippen LogP contribution in [0.25, 0.3) is 10.4 Å². The van der Waals surface area contributed by atoms with Crippen molar-refractivity contribution in [3.63, 3.8) is 0 Å². The number of benzene rings is 1. The second-order valence-corrected chi connectivity index (χ2v) is 6.28. The van der Waals surface area contributed by atoms with E-state index in [4.69, 9.17) is 0 Å². The van der Waals surface area contributed by atoms with E-state index in [-0.39, 0.29) is 11.9 Å². The van der Waals surface area contributed by atoms with Crippen LogP contribution in [0.1, 0.15) is 31.9 Å². The summed E-state index contributed by atoms with van der Waals surface area (Å²) in [7, 11) is 0. The van der Waals surface area contributed by atoms with Gasteiger partial charge in [-0.25, -0.2) is 4.39 Å². The molecule has 1 aromatic heterocycles. The maximum atomic E-state index is 14.0. The third-order valence-corrected chi connectivity index (χ3v) is 4.92. The lowest BCUT2D eigenvalue weighted by molar-refractivity contribution is 0.568. The van der Waals surface area contributed by atoms with Crippen LogP contribution in [0.4, 0.5) is 4.39 Å². The molecule has 4 heteroatoms. The van der Waals surface area contributed by atoms with E-state index in [2.05, 4.69) is 35.1 Å². The van der Waals surface area contributed by atoms with Gasteiger partial charge in [0.1, 0.15) is 5.82 Å². The highest BCUT2D eigenvalue weighted by atomic mass is 79.9. The lowest BCUT2D eigenvalue weighted by Crippen LogP contribution is -2.19. The Morgan fingerprint density at radius 1 is 1.37 bits per heavy atom. The zero-order valence-electron chi connectivity index (χ0n) is 11.0. The summed E-state index contributed by atoms with van der Waals surface area (Å²) in [4.78, 5) is 0.946. The number of nitrogens with one attached hydrogen (secondary N) is 1. The summed E-state index contributed by atoms with van der Waals surface area (Å²) < 4.78 is 14.9. The maximum absolute atomic E-state index is 14.0. The zero-order chi connectivity index (χ0) is 13.8. The van der Waals surface area contributed by atoms with Crippen LogP contribution in [0, 0.1) is 5.82 Å². The van der Waals surface area contributed by atoms with Crippen molar-refractivity contribution in [1.82, 2.24) is 5.32 Å². The van der Waals surface area contributed by atoms with E-state index in [1.165, 1.54) is 0 Å². The van der Waals surface area contributed by atoms with Crippen LogP contribution in [0.2, 0.25) is 0 Å². The van der Waals surface area contributed by atoms with Crippen molar-refractivity contribution in [3.05, 3.63) is 45.5 Å². The number of hydrogen-bond acceptors (Lipinski definition) is 2. The first-order chi connectivity index (χ1) is 9.13. The molecule has 0 saturated heterocycles. The molecule has 0 fully saturated rings. The van der Waals surface area contributed by atoms with Crippen LogP contribution in [0.5, 0.6) is 0 Å². The van der Waals surface area contributed by atoms with Crippen molar-refractivity contribution >= 4 is 27.3 Å². The number of halogens is 2. The molecule has 1 nitrogen and oxygen atoms in total. The fourth-order valence-corrected chi connectivity index (χ4v) is 3.56. The first-order valence-electron chi connectivity index (χ1n) is 6.39. The third kappa shape index (κ3) is 3.44. The number of hydrogen-bond donors (Lipinski definition) is 1. The van der Waals surface area contributed by atoms with E-state index in [9.17, 15) is 4.39 Å². The Morgan fingerprint density at radius 2 is 2.16 bits per heavy atom. The van der Waals surface area contributed by atoms with Gasteiger partial charge in [-0.3, -0.25) is 0 Å². The van der Waals surface area contributed by atoms with Gasteiger partial charge >= 0.3 is 0 Å². The molecule has 2 rings (SSSR count). The van der Waals surface area contributed by atoms with E-state index < -0.39 is 0 Å². The third-order valence-electron chi connectivity index (χ3n) is 3.05. The SMILES string of the molecule is CCCNC(C)c1ccc(F)c(-c2sccc2Br)c1. The highest BCUT2D eigenvalue weighted by Crippen LogP contribution is 2.36. The first kappa shape index (κ1) is 14.7. The van der Waals surface area contributed by atoms with Crippen LogP contribution in [-0.2, 0) is 0 Å². The van der Waals surface area contributed by atoms with Crippen molar-refractivity contribution in [3.8, 4) is 10.4 Å². The molecule has 0 aliphatic carbocycles. The summed E-state index contributed by atoms with van der Waals surface area (Å²) in [6.45, 7) is 5.21. The van der Waals surface area contributed by atoms with Gasteiger partial charge in [-0.2, -0.15) is 0 Å². The normalized spacial score (nSPS) is 12.6. The van der Waals surface area contributed by atoms with E-state index in [0.717, 1.165) is 27.9 Å². The Balaban J connectivity index is 2.32. The molecule has 1 unspecified atom stereocenters. The predicted octanol–water partition coefficient (Wildman–Crippen LogP) is 5.38. The van der Waals surface area contributed by atoms with Gasteiger partial charge in [0, 0.05) is 16.1 Å². The van der Waals surface area contributed by atoms with Crippen molar-refractivity contribution in [2.45, 2.75) is 26.3 Å². The smallest absolute Gasteiger partial charge is 0.131 e. The highest BCUT2D eigenvalue weighted by Gasteiger charge is 2.13. The van der Waals surface area contributed by atoms with Crippen molar-refractivity contribution in [1.29, 1.82) is 0 Å². The lowest BCUT2D eigenvalue weighted by Gasteiger charge is -2.15. The molecule has 0 aliphatic heterocycles. The molecular formula is C15H17BrFNS. The monoisotopic (exact) mass is 341 g/mol. The summed E-state index contributed by atoms with van der Waals surface area (Å²) in [6, 6.07) is 7.54. The topological polar surface area (TPSA) is 12.0 Å². The van der Waals surface area contributed by atoms with Gasteiger partial charge in [-0.05, 0) is 65.0 Å². The Bertz CT molecular complexity index is 553. The number of rotatable bonds is 5. The molecule has 0 amide bonds. The van der Waals surface area contributed by atoms with E-state index >= 15 is 0 Å². The lowest BCUT2D eigenvalue weighted by atomic mass is 10.0. The molecule has 0 radical (unpaired) electrons. The van der Waals surface area contributed by atoms with Gasteiger partial charge in [-0.15, -0.1) is 11.3 Å². The molecule has 0 aliphatic rings. The minimum absolute atomic E-state index is 0.172. The first-order valence-corrected chi connectivity index (χ1v) is 8.07. The molecule has 19 heavy (non-hydrogen) atoms. The molecule has 0 saturated carbocycles. The minimum Gasteiger partial charge on any atom is -0.310 e. The highest BCUT2D eigenvalue weighted by molar-refractivity contribution is 9.10. The largest absolute Gasteiger partial charge is 0.310 e. The molecule has 1 N–H and O–H groups in total. The van der Waals surface area contributed by atoms with Gasteiger partial charge in [0.2, 0.25) is 0 Å². The molecule has 102 valence electrons. The molecule has 0 bridgehead atoms. The summed E-state index contributed by atoms with van der Waals surface area (Å²) in [6.07, 6.45) is 1.09. The Morgan fingerprint density at radius 3 is 2.79 bits per heavy atom. The second-order valence-electron chi connectivity index (χ2n) is 4.51. The van der Waals surface area contributed by atoms with Crippen molar-refractivity contribution < 1.29 is 4.39 Å². The molecule has 1 atom stereocenters. The van der Waals surface area contributed by atoms with Crippen LogP contribution >= 0.6 is 27.3 Å². The Kier molecular flexibility index (Phi) is 5.13. The zero-order valence-corrected chi connectivity index (χ0v) is 13.4. The Labute approximate surface area is 126 Å². The van der Waals surface area contributed by atoms with Gasteiger partial charge in [0.25, 0.3) is 0 Å². The van der Waals surface area contributed by atoms with E-state index in [0.29, 0.717) is 5.56 Å². The average molecular weight is 342 g/mol. The van der Waals surface area contributed by atoms with Crippen molar-refractivity contribution in [2.75, 3.05) is 6.54 Å². The predicted molar refractivity (Wildman–Crippen MR) is 84.1 cm³/mol. The maximum Gasteiger partial charge on any atom is 0.131 e. The van der Waals surface area contributed by atoms with Gasteiger partial charge in [0.15, 0.2) is 0 Å².